The normalized spacial score (nSPS) is 15.3. The summed E-state index contributed by atoms with van der Waals surface area (Å²) in [5.41, 5.74) is 3.09. The lowest BCUT2D eigenvalue weighted by Gasteiger charge is -2.31. The van der Waals surface area contributed by atoms with E-state index in [4.69, 9.17) is 0 Å². The van der Waals surface area contributed by atoms with Gasteiger partial charge in [0.2, 0.25) is 11.8 Å². The van der Waals surface area contributed by atoms with E-state index in [1.165, 1.54) is 24.1 Å². The lowest BCUT2D eigenvalue weighted by molar-refractivity contribution is -0.141. The number of rotatable bonds is 8. The van der Waals surface area contributed by atoms with Crippen molar-refractivity contribution in [3.63, 3.8) is 0 Å². The molecule has 1 atom stereocenters. The van der Waals surface area contributed by atoms with E-state index in [0.29, 0.717) is 12.8 Å². The predicted octanol–water partition coefficient (Wildman–Crippen LogP) is 4.93. The minimum absolute atomic E-state index is 0.0730. The Morgan fingerprint density at radius 3 is 2.26 bits per heavy atom. The molecule has 0 aromatic heterocycles. The van der Waals surface area contributed by atoms with Crippen molar-refractivity contribution in [1.82, 2.24) is 10.2 Å². The fourth-order valence-corrected chi connectivity index (χ4v) is 4.09. The lowest BCUT2D eigenvalue weighted by Crippen LogP contribution is -2.50. The van der Waals surface area contributed by atoms with E-state index in [9.17, 15) is 14.0 Å². The first kappa shape index (κ1) is 23.0. The highest BCUT2D eigenvalue weighted by molar-refractivity contribution is 5.87. The molecule has 1 unspecified atom stereocenters. The molecule has 0 bridgehead atoms. The molecule has 0 aliphatic heterocycles. The van der Waals surface area contributed by atoms with Crippen LogP contribution in [0.2, 0.25) is 0 Å². The Hall–Kier alpha value is -2.69. The second-order valence-corrected chi connectivity index (χ2v) is 8.65. The largest absolute Gasteiger partial charge is 0.352 e. The fraction of sp³-hybridized carbons (Fsp3) is 0.462. The molecule has 2 aromatic carbocycles. The van der Waals surface area contributed by atoms with Crippen LogP contribution in [0.1, 0.15) is 62.1 Å². The summed E-state index contributed by atoms with van der Waals surface area (Å²) in [5.74, 6) is -0.502. The Labute approximate surface area is 184 Å². The van der Waals surface area contributed by atoms with E-state index < -0.39 is 6.04 Å². The minimum Gasteiger partial charge on any atom is -0.352 e. The maximum Gasteiger partial charge on any atom is 0.242 e. The van der Waals surface area contributed by atoms with Crippen molar-refractivity contribution in [1.29, 1.82) is 0 Å². The van der Waals surface area contributed by atoms with Gasteiger partial charge in [-0.2, -0.15) is 0 Å². The number of aryl methyl sites for hydroxylation is 2. The maximum atomic E-state index is 13.3. The first-order chi connectivity index (χ1) is 14.9. The number of hydrogen-bond donors (Lipinski definition) is 1. The molecule has 4 nitrogen and oxygen atoms in total. The average Bonchev–Trinajstić information content (AvgIpc) is 2.78. The fourth-order valence-electron chi connectivity index (χ4n) is 4.09. The van der Waals surface area contributed by atoms with Crippen LogP contribution >= 0.6 is 0 Å². The Kier molecular flexibility index (Phi) is 8.21. The van der Waals surface area contributed by atoms with Gasteiger partial charge in [-0.25, -0.2) is 4.39 Å². The van der Waals surface area contributed by atoms with Crippen LogP contribution < -0.4 is 5.32 Å². The van der Waals surface area contributed by atoms with Gasteiger partial charge < -0.3 is 10.2 Å². The van der Waals surface area contributed by atoms with Crippen LogP contribution in [-0.4, -0.2) is 28.8 Å². The molecule has 0 saturated heterocycles. The van der Waals surface area contributed by atoms with Gasteiger partial charge in [-0.1, -0.05) is 61.2 Å². The molecule has 1 fully saturated rings. The molecule has 1 aliphatic carbocycles. The summed E-state index contributed by atoms with van der Waals surface area (Å²) in [7, 11) is 0. The summed E-state index contributed by atoms with van der Waals surface area (Å²) >= 11 is 0. The number of amides is 2. The van der Waals surface area contributed by atoms with Crippen LogP contribution in [0, 0.1) is 12.7 Å². The van der Waals surface area contributed by atoms with Crippen LogP contribution in [0.25, 0.3) is 0 Å². The number of nitrogens with one attached hydrogen (secondary N) is 1. The van der Waals surface area contributed by atoms with Crippen LogP contribution in [0.5, 0.6) is 0 Å². The molecule has 5 heteroatoms. The van der Waals surface area contributed by atoms with Crippen LogP contribution in [-0.2, 0) is 22.6 Å². The highest BCUT2D eigenvalue weighted by atomic mass is 19.1. The number of hydrogen-bond acceptors (Lipinski definition) is 2. The van der Waals surface area contributed by atoms with E-state index >= 15 is 0 Å². The molecule has 2 amide bonds. The lowest BCUT2D eigenvalue weighted by atomic mass is 9.95. The first-order valence-corrected chi connectivity index (χ1v) is 11.3. The van der Waals surface area contributed by atoms with Crippen molar-refractivity contribution in [2.45, 2.75) is 77.4 Å². The predicted molar refractivity (Wildman–Crippen MR) is 121 cm³/mol. The second-order valence-electron chi connectivity index (χ2n) is 8.65. The molecule has 0 heterocycles. The third-order valence-electron chi connectivity index (χ3n) is 6.13. The van der Waals surface area contributed by atoms with Crippen molar-refractivity contribution in [2.75, 3.05) is 0 Å². The topological polar surface area (TPSA) is 49.4 Å². The zero-order chi connectivity index (χ0) is 22.2. The molecule has 0 spiro atoms. The molecule has 1 N–H and O–H groups in total. The summed E-state index contributed by atoms with van der Waals surface area (Å²) in [6.07, 6.45) is 6.43. The summed E-state index contributed by atoms with van der Waals surface area (Å²) in [4.78, 5) is 27.7. The number of carbonyl (C=O) groups excluding carboxylic acids is 2. The van der Waals surface area contributed by atoms with Gasteiger partial charge in [-0.15, -0.1) is 0 Å². The molecule has 1 aliphatic rings. The van der Waals surface area contributed by atoms with Gasteiger partial charge in [-0.3, -0.25) is 9.59 Å². The van der Waals surface area contributed by atoms with E-state index in [1.807, 2.05) is 31.2 Å². The van der Waals surface area contributed by atoms with Gasteiger partial charge in [-0.05, 0) is 56.4 Å². The summed E-state index contributed by atoms with van der Waals surface area (Å²) in [6.45, 7) is 4.10. The van der Waals surface area contributed by atoms with Crippen molar-refractivity contribution in [2.24, 2.45) is 0 Å². The highest BCUT2D eigenvalue weighted by Crippen LogP contribution is 2.19. The molecule has 31 heavy (non-hydrogen) atoms. The Balaban J connectivity index is 1.69. The summed E-state index contributed by atoms with van der Waals surface area (Å²) in [6, 6.07) is 13.9. The standard InChI is InChI=1S/C26H33FN2O2/c1-19-8-10-21(11-9-19)14-17-25(30)29(18-22-12-15-23(27)16-13-22)20(2)26(31)28-24-6-4-3-5-7-24/h8-13,15-16,20,24H,3-7,14,17-18H2,1-2H3,(H,28,31). The molecule has 0 radical (unpaired) electrons. The summed E-state index contributed by atoms with van der Waals surface area (Å²) in [5, 5.41) is 3.14. The molecular weight excluding hydrogens is 391 g/mol. The van der Waals surface area contributed by atoms with E-state index in [0.717, 1.165) is 36.8 Å². The van der Waals surface area contributed by atoms with Crippen LogP contribution in [0.3, 0.4) is 0 Å². The van der Waals surface area contributed by atoms with Gasteiger partial charge in [0.15, 0.2) is 0 Å². The van der Waals surface area contributed by atoms with E-state index in [2.05, 4.69) is 5.32 Å². The SMILES string of the molecule is Cc1ccc(CCC(=O)N(Cc2ccc(F)cc2)C(C)C(=O)NC2CCCCC2)cc1. The monoisotopic (exact) mass is 424 g/mol. The Morgan fingerprint density at radius 2 is 1.61 bits per heavy atom. The van der Waals surface area contributed by atoms with E-state index in [1.54, 1.807) is 24.0 Å². The van der Waals surface area contributed by atoms with Gasteiger partial charge in [0, 0.05) is 19.0 Å². The van der Waals surface area contributed by atoms with Crippen molar-refractivity contribution < 1.29 is 14.0 Å². The molecule has 1 saturated carbocycles. The van der Waals surface area contributed by atoms with Crippen molar-refractivity contribution >= 4 is 11.8 Å². The minimum atomic E-state index is -0.586. The van der Waals surface area contributed by atoms with Crippen molar-refractivity contribution in [3.05, 3.63) is 71.0 Å². The third kappa shape index (κ3) is 6.91. The molecular formula is C26H33FN2O2. The van der Waals surface area contributed by atoms with Crippen molar-refractivity contribution in [3.8, 4) is 0 Å². The molecule has 2 aromatic rings. The van der Waals surface area contributed by atoms with Gasteiger partial charge in [0.05, 0.1) is 0 Å². The molecule has 166 valence electrons. The zero-order valence-corrected chi connectivity index (χ0v) is 18.6. The average molecular weight is 425 g/mol. The number of benzene rings is 2. The van der Waals surface area contributed by atoms with Gasteiger partial charge in [0.25, 0.3) is 0 Å². The molecule has 3 rings (SSSR count). The Morgan fingerprint density at radius 1 is 1.00 bits per heavy atom. The van der Waals surface area contributed by atoms with Crippen LogP contribution in [0.4, 0.5) is 4.39 Å². The highest BCUT2D eigenvalue weighted by Gasteiger charge is 2.27. The number of carbonyl (C=O) groups is 2. The number of halogens is 1. The quantitative estimate of drug-likeness (QED) is 0.653. The Bertz CT molecular complexity index is 858. The van der Waals surface area contributed by atoms with Gasteiger partial charge in [0.1, 0.15) is 11.9 Å². The summed E-state index contributed by atoms with van der Waals surface area (Å²) < 4.78 is 13.3. The zero-order valence-electron chi connectivity index (χ0n) is 18.6. The third-order valence-corrected chi connectivity index (χ3v) is 6.13. The maximum absolute atomic E-state index is 13.3. The second kappa shape index (κ2) is 11.1. The van der Waals surface area contributed by atoms with E-state index in [-0.39, 0.29) is 30.2 Å². The van der Waals surface area contributed by atoms with Crippen LogP contribution in [0.15, 0.2) is 48.5 Å². The first-order valence-electron chi connectivity index (χ1n) is 11.3. The number of nitrogens with zero attached hydrogens (tertiary/aromatic N) is 1. The smallest absolute Gasteiger partial charge is 0.242 e. The van der Waals surface area contributed by atoms with Gasteiger partial charge >= 0.3 is 0 Å².